The Balaban J connectivity index is 1.46. The van der Waals surface area contributed by atoms with Gasteiger partial charge in [0.1, 0.15) is 0 Å². The molecule has 2 aliphatic heterocycles. The lowest BCUT2D eigenvalue weighted by atomic mass is 10.2. The fraction of sp³-hybridized carbons (Fsp3) is 0.938. The summed E-state index contributed by atoms with van der Waals surface area (Å²) in [7, 11) is 0. The van der Waals surface area contributed by atoms with E-state index in [1.165, 1.54) is 25.7 Å². The summed E-state index contributed by atoms with van der Waals surface area (Å²) < 4.78 is 11.0. The van der Waals surface area contributed by atoms with Crippen LogP contribution in [-0.4, -0.2) is 67.4 Å². The molecule has 1 amide bonds. The van der Waals surface area contributed by atoms with E-state index in [0.29, 0.717) is 19.6 Å². The number of hydrogen-bond acceptors (Lipinski definition) is 4. The van der Waals surface area contributed by atoms with Crippen LogP contribution in [0.5, 0.6) is 0 Å². The molecule has 0 N–H and O–H groups in total. The smallest absolute Gasteiger partial charge is 0.227 e. The van der Waals surface area contributed by atoms with Crippen molar-refractivity contribution in [2.24, 2.45) is 0 Å². The Morgan fingerprint density at radius 2 is 1.67 bits per heavy atom. The summed E-state index contributed by atoms with van der Waals surface area (Å²) in [5.74, 6) is 0.190. The Morgan fingerprint density at radius 1 is 0.905 bits per heavy atom. The van der Waals surface area contributed by atoms with Crippen molar-refractivity contribution in [1.29, 1.82) is 0 Å². The van der Waals surface area contributed by atoms with E-state index in [1.54, 1.807) is 0 Å². The second-order valence-electron chi connectivity index (χ2n) is 6.44. The molecule has 0 spiro atoms. The van der Waals surface area contributed by atoms with Gasteiger partial charge in [-0.05, 0) is 25.7 Å². The predicted octanol–water partition coefficient (Wildman–Crippen LogP) is 1.62. The lowest BCUT2D eigenvalue weighted by Gasteiger charge is -2.28. The summed E-state index contributed by atoms with van der Waals surface area (Å²) in [6.07, 6.45) is 7.53. The van der Waals surface area contributed by atoms with Crippen LogP contribution in [0.2, 0.25) is 0 Å². The van der Waals surface area contributed by atoms with Crippen LogP contribution >= 0.6 is 0 Å². The van der Waals surface area contributed by atoms with Crippen LogP contribution in [0.4, 0.5) is 0 Å². The highest BCUT2D eigenvalue weighted by molar-refractivity contribution is 5.76. The fourth-order valence-corrected chi connectivity index (χ4v) is 3.75. The minimum absolute atomic E-state index is 0.190. The minimum Gasteiger partial charge on any atom is -0.352 e. The van der Waals surface area contributed by atoms with Crippen LogP contribution in [0.15, 0.2) is 0 Å². The Labute approximate surface area is 127 Å². The molecule has 0 aromatic rings. The Kier molecular flexibility index (Phi) is 5.49. The van der Waals surface area contributed by atoms with Gasteiger partial charge in [-0.1, -0.05) is 12.8 Å². The van der Waals surface area contributed by atoms with Gasteiger partial charge in [0, 0.05) is 32.2 Å². The maximum atomic E-state index is 12.4. The van der Waals surface area contributed by atoms with Crippen LogP contribution in [0.3, 0.4) is 0 Å². The molecule has 5 nitrogen and oxygen atoms in total. The third-order valence-electron chi connectivity index (χ3n) is 4.96. The number of carbonyl (C=O) groups is 1. The maximum Gasteiger partial charge on any atom is 0.227 e. The average Bonchev–Trinajstić information content (AvgIpc) is 2.93. The Hall–Kier alpha value is -0.650. The van der Waals surface area contributed by atoms with Gasteiger partial charge in [-0.3, -0.25) is 9.69 Å². The Bertz CT molecular complexity index is 338. The molecule has 0 bridgehead atoms. The van der Waals surface area contributed by atoms with Crippen LogP contribution in [0, 0.1) is 0 Å². The summed E-state index contributed by atoms with van der Waals surface area (Å²) in [5.41, 5.74) is 0. The first kappa shape index (κ1) is 15.3. The second kappa shape index (κ2) is 7.56. The van der Waals surface area contributed by atoms with E-state index < -0.39 is 0 Å². The van der Waals surface area contributed by atoms with Gasteiger partial charge in [-0.25, -0.2) is 0 Å². The molecule has 120 valence electrons. The van der Waals surface area contributed by atoms with E-state index in [9.17, 15) is 4.79 Å². The summed E-state index contributed by atoms with van der Waals surface area (Å²) in [6.45, 7) is 5.35. The van der Waals surface area contributed by atoms with Gasteiger partial charge in [0.05, 0.1) is 19.6 Å². The van der Waals surface area contributed by atoms with E-state index in [-0.39, 0.29) is 12.2 Å². The van der Waals surface area contributed by atoms with E-state index in [2.05, 4.69) is 4.90 Å². The molecule has 1 aliphatic carbocycles. The summed E-state index contributed by atoms with van der Waals surface area (Å²) in [5, 5.41) is 0. The monoisotopic (exact) mass is 296 g/mol. The van der Waals surface area contributed by atoms with Gasteiger partial charge in [-0.15, -0.1) is 0 Å². The largest absolute Gasteiger partial charge is 0.352 e. The van der Waals surface area contributed by atoms with Gasteiger partial charge >= 0.3 is 0 Å². The molecule has 2 heterocycles. The van der Waals surface area contributed by atoms with Gasteiger partial charge < -0.3 is 14.4 Å². The molecule has 3 aliphatic rings. The molecule has 3 fully saturated rings. The van der Waals surface area contributed by atoms with Gasteiger partial charge in [-0.2, -0.15) is 0 Å². The number of amides is 1. The zero-order valence-corrected chi connectivity index (χ0v) is 13.0. The lowest BCUT2D eigenvalue weighted by Crippen LogP contribution is -2.40. The second-order valence-corrected chi connectivity index (χ2v) is 6.44. The summed E-state index contributed by atoms with van der Waals surface area (Å²) in [6, 6.07) is 0.769. The highest BCUT2D eigenvalue weighted by Crippen LogP contribution is 2.24. The first-order valence-corrected chi connectivity index (χ1v) is 8.58. The van der Waals surface area contributed by atoms with Crippen molar-refractivity contribution in [2.75, 3.05) is 39.4 Å². The zero-order chi connectivity index (χ0) is 14.5. The summed E-state index contributed by atoms with van der Waals surface area (Å²) >= 11 is 0. The molecular weight excluding hydrogens is 268 g/mol. The van der Waals surface area contributed by atoms with Gasteiger partial charge in [0.2, 0.25) is 5.91 Å². The van der Waals surface area contributed by atoms with Crippen LogP contribution in [0.25, 0.3) is 0 Å². The van der Waals surface area contributed by atoms with Gasteiger partial charge in [0.15, 0.2) is 6.29 Å². The molecule has 0 atom stereocenters. The quantitative estimate of drug-likeness (QED) is 0.793. The van der Waals surface area contributed by atoms with Crippen molar-refractivity contribution in [3.8, 4) is 0 Å². The maximum absolute atomic E-state index is 12.4. The topological polar surface area (TPSA) is 42.0 Å². The SMILES string of the molecule is O=C(CC1OCCCO1)N1CCCN(C2CCCC2)CC1. The molecule has 0 radical (unpaired) electrons. The molecular formula is C16H28N2O3. The highest BCUT2D eigenvalue weighted by Gasteiger charge is 2.27. The molecule has 2 saturated heterocycles. The van der Waals surface area contributed by atoms with E-state index in [1.807, 2.05) is 4.90 Å². The normalized spacial score (nSPS) is 27.0. The van der Waals surface area contributed by atoms with Crippen LogP contribution in [0.1, 0.15) is 44.9 Å². The van der Waals surface area contributed by atoms with Gasteiger partial charge in [0.25, 0.3) is 0 Å². The number of carbonyl (C=O) groups excluding carboxylic acids is 1. The number of ether oxygens (including phenoxy) is 2. The van der Waals surface area contributed by atoms with E-state index >= 15 is 0 Å². The highest BCUT2D eigenvalue weighted by atomic mass is 16.7. The molecule has 5 heteroatoms. The van der Waals surface area contributed by atoms with Crippen molar-refractivity contribution in [2.45, 2.75) is 57.3 Å². The van der Waals surface area contributed by atoms with E-state index in [4.69, 9.17) is 9.47 Å². The van der Waals surface area contributed by atoms with Crippen molar-refractivity contribution in [1.82, 2.24) is 9.80 Å². The number of hydrogen-bond donors (Lipinski definition) is 0. The molecule has 0 aromatic heterocycles. The van der Waals surface area contributed by atoms with Crippen molar-refractivity contribution in [3.63, 3.8) is 0 Å². The molecule has 0 unspecified atom stereocenters. The van der Waals surface area contributed by atoms with Crippen molar-refractivity contribution < 1.29 is 14.3 Å². The summed E-state index contributed by atoms with van der Waals surface area (Å²) in [4.78, 5) is 17.0. The number of nitrogens with zero attached hydrogens (tertiary/aromatic N) is 2. The van der Waals surface area contributed by atoms with Crippen molar-refractivity contribution in [3.05, 3.63) is 0 Å². The zero-order valence-electron chi connectivity index (χ0n) is 13.0. The first-order chi connectivity index (χ1) is 10.3. The third-order valence-corrected chi connectivity index (χ3v) is 4.96. The van der Waals surface area contributed by atoms with E-state index in [0.717, 1.165) is 45.1 Å². The third kappa shape index (κ3) is 4.18. The first-order valence-electron chi connectivity index (χ1n) is 8.58. The van der Waals surface area contributed by atoms with Crippen molar-refractivity contribution >= 4 is 5.91 Å². The number of rotatable bonds is 3. The molecule has 0 aromatic carbocycles. The molecule has 21 heavy (non-hydrogen) atoms. The average molecular weight is 296 g/mol. The predicted molar refractivity (Wildman–Crippen MR) is 80.0 cm³/mol. The molecule has 3 rings (SSSR count). The fourth-order valence-electron chi connectivity index (χ4n) is 3.75. The standard InChI is InChI=1S/C16H28N2O3/c19-15(13-16-20-11-4-12-21-16)18-8-3-7-17(9-10-18)14-5-1-2-6-14/h14,16H,1-13H2. The lowest BCUT2D eigenvalue weighted by molar-refractivity contribution is -0.187. The Morgan fingerprint density at radius 3 is 2.43 bits per heavy atom. The molecule has 1 saturated carbocycles. The van der Waals surface area contributed by atoms with Crippen LogP contribution < -0.4 is 0 Å². The van der Waals surface area contributed by atoms with Crippen LogP contribution in [-0.2, 0) is 14.3 Å². The minimum atomic E-state index is -0.319.